The number of ether oxygens (including phenoxy) is 1. The molecule has 2 N–H and O–H groups in total. The first-order valence-electron chi connectivity index (χ1n) is 9.11. The minimum absolute atomic E-state index is 0.0481. The number of aromatic nitrogens is 3. The fourth-order valence-electron chi connectivity index (χ4n) is 2.51. The highest BCUT2D eigenvalue weighted by Gasteiger charge is 2.17. The first kappa shape index (κ1) is 19.9. The molecule has 0 aliphatic rings. The summed E-state index contributed by atoms with van der Waals surface area (Å²) in [6.45, 7) is 6.68. The van der Waals surface area contributed by atoms with Gasteiger partial charge in [-0.3, -0.25) is 9.89 Å². The van der Waals surface area contributed by atoms with Crippen LogP contribution in [0.25, 0.3) is 0 Å². The van der Waals surface area contributed by atoms with Gasteiger partial charge >= 0.3 is 0 Å². The minimum atomic E-state index is -0.300. The van der Waals surface area contributed by atoms with Crippen LogP contribution in [-0.4, -0.2) is 26.3 Å². The quantitative estimate of drug-likeness (QED) is 0.566. The lowest BCUT2D eigenvalue weighted by Crippen LogP contribution is -2.30. The number of carbonyl (C=O) groups is 1. The largest absolute Gasteiger partial charge is 0.485 e. The van der Waals surface area contributed by atoms with Crippen LogP contribution in [0.1, 0.15) is 29.4 Å². The Labute approximate surface area is 169 Å². The summed E-state index contributed by atoms with van der Waals surface area (Å²) >= 11 is 1.31. The molecule has 2 aromatic carbocycles. The van der Waals surface area contributed by atoms with E-state index in [1.54, 1.807) is 0 Å². The molecule has 1 atom stereocenters. The molecule has 7 heteroatoms. The summed E-state index contributed by atoms with van der Waals surface area (Å²) < 4.78 is 5.76. The molecule has 0 bridgehead atoms. The lowest BCUT2D eigenvalue weighted by molar-refractivity contribution is -0.120. The topological polar surface area (TPSA) is 79.9 Å². The summed E-state index contributed by atoms with van der Waals surface area (Å²) in [5, 5.41) is 10.2. The number of carbonyl (C=O) groups excluding carboxylic acids is 1. The third-order valence-electron chi connectivity index (χ3n) is 4.21. The van der Waals surface area contributed by atoms with Gasteiger partial charge in [0.25, 0.3) is 0 Å². The number of rotatable bonds is 8. The van der Waals surface area contributed by atoms with Crippen LogP contribution in [0.3, 0.4) is 0 Å². The molecule has 0 radical (unpaired) electrons. The van der Waals surface area contributed by atoms with Crippen LogP contribution in [0.5, 0.6) is 5.75 Å². The molecule has 0 saturated heterocycles. The lowest BCUT2D eigenvalue weighted by Gasteiger charge is -2.10. The molecule has 1 heterocycles. The number of hydrogen-bond donors (Lipinski definition) is 2. The Morgan fingerprint density at radius 2 is 1.93 bits per heavy atom. The third kappa shape index (κ3) is 5.60. The Bertz CT molecular complexity index is 924. The first-order valence-corrected chi connectivity index (χ1v) is 9.99. The van der Waals surface area contributed by atoms with E-state index in [9.17, 15) is 4.79 Å². The van der Waals surface area contributed by atoms with Crippen molar-refractivity contribution in [1.82, 2.24) is 20.5 Å². The monoisotopic (exact) mass is 396 g/mol. The van der Waals surface area contributed by atoms with Gasteiger partial charge in [-0.05, 0) is 38.0 Å². The fourth-order valence-corrected chi connectivity index (χ4v) is 3.28. The summed E-state index contributed by atoms with van der Waals surface area (Å²) in [5.41, 5.74) is 3.34. The first-order chi connectivity index (χ1) is 13.5. The number of aromatic amines is 1. The zero-order valence-electron chi connectivity index (χ0n) is 16.2. The number of H-pyrrole nitrogens is 1. The number of nitrogens with zero attached hydrogens (tertiary/aromatic N) is 2. The van der Waals surface area contributed by atoms with Crippen molar-refractivity contribution in [3.05, 3.63) is 71.0 Å². The van der Waals surface area contributed by atoms with Crippen LogP contribution < -0.4 is 10.1 Å². The zero-order chi connectivity index (χ0) is 19.9. The van der Waals surface area contributed by atoms with Crippen molar-refractivity contribution >= 4 is 17.7 Å². The molecule has 0 saturated carbocycles. The van der Waals surface area contributed by atoms with Crippen molar-refractivity contribution in [2.75, 3.05) is 0 Å². The third-order valence-corrected chi connectivity index (χ3v) is 5.17. The molecule has 28 heavy (non-hydrogen) atoms. The lowest BCUT2D eigenvalue weighted by atomic mass is 10.1. The van der Waals surface area contributed by atoms with Gasteiger partial charge in [0.1, 0.15) is 12.4 Å². The maximum atomic E-state index is 12.3. The Hall–Kier alpha value is -2.80. The maximum Gasteiger partial charge on any atom is 0.233 e. The number of hydrogen-bond acceptors (Lipinski definition) is 5. The van der Waals surface area contributed by atoms with Crippen molar-refractivity contribution in [1.29, 1.82) is 0 Å². The van der Waals surface area contributed by atoms with Crippen LogP contribution in [0.2, 0.25) is 0 Å². The molecule has 0 fully saturated rings. The van der Waals surface area contributed by atoms with E-state index in [1.165, 1.54) is 17.3 Å². The maximum absolute atomic E-state index is 12.3. The average molecular weight is 397 g/mol. The van der Waals surface area contributed by atoms with Gasteiger partial charge in [0.2, 0.25) is 11.1 Å². The molecule has 6 nitrogen and oxygen atoms in total. The molecular formula is C21H24N4O2S. The smallest absolute Gasteiger partial charge is 0.233 e. The van der Waals surface area contributed by atoms with E-state index in [2.05, 4.69) is 20.5 Å². The van der Waals surface area contributed by atoms with Crippen LogP contribution >= 0.6 is 11.8 Å². The van der Waals surface area contributed by atoms with Gasteiger partial charge in [-0.1, -0.05) is 59.8 Å². The van der Waals surface area contributed by atoms with Crippen molar-refractivity contribution in [3.63, 3.8) is 0 Å². The summed E-state index contributed by atoms with van der Waals surface area (Å²) in [4.78, 5) is 16.7. The number of amides is 1. The van der Waals surface area contributed by atoms with Crippen molar-refractivity contribution < 1.29 is 9.53 Å². The number of para-hydroxylation sites is 1. The predicted molar refractivity (Wildman–Crippen MR) is 110 cm³/mol. The molecule has 146 valence electrons. The second-order valence-electron chi connectivity index (χ2n) is 6.58. The van der Waals surface area contributed by atoms with E-state index in [0.29, 0.717) is 24.1 Å². The standard InChI is InChI=1S/C21H24N4O2S/c1-14-8-10-17(11-9-14)12-22-20(26)16(3)28-21-23-19(24-25-21)13-27-18-7-5-4-6-15(18)2/h4-11,16H,12-13H2,1-3H3,(H,22,26)(H,23,24,25)/t16-/m1/s1. The second-order valence-corrected chi connectivity index (χ2v) is 7.89. The number of benzene rings is 2. The van der Waals surface area contributed by atoms with E-state index in [1.807, 2.05) is 69.3 Å². The van der Waals surface area contributed by atoms with Crippen LogP contribution in [0.15, 0.2) is 53.7 Å². The summed E-state index contributed by atoms with van der Waals surface area (Å²) in [6, 6.07) is 15.9. The van der Waals surface area contributed by atoms with E-state index < -0.39 is 0 Å². The zero-order valence-corrected chi connectivity index (χ0v) is 17.0. The predicted octanol–water partition coefficient (Wildman–Crippen LogP) is 3.80. The molecule has 3 aromatic rings. The molecule has 1 amide bonds. The molecule has 3 rings (SSSR count). The molecule has 0 spiro atoms. The molecular weight excluding hydrogens is 372 g/mol. The molecule has 0 aliphatic carbocycles. The Balaban J connectivity index is 1.47. The van der Waals surface area contributed by atoms with Gasteiger partial charge in [0, 0.05) is 6.54 Å². The Morgan fingerprint density at radius 1 is 1.18 bits per heavy atom. The van der Waals surface area contributed by atoms with E-state index in [0.717, 1.165) is 16.9 Å². The normalized spacial score (nSPS) is 11.8. The Morgan fingerprint density at radius 3 is 2.68 bits per heavy atom. The highest BCUT2D eigenvalue weighted by molar-refractivity contribution is 8.00. The van der Waals surface area contributed by atoms with Gasteiger partial charge in [0.15, 0.2) is 5.82 Å². The van der Waals surface area contributed by atoms with Crippen molar-refractivity contribution in [3.8, 4) is 5.75 Å². The van der Waals surface area contributed by atoms with E-state index in [4.69, 9.17) is 4.74 Å². The van der Waals surface area contributed by atoms with Gasteiger partial charge < -0.3 is 10.1 Å². The molecule has 1 aromatic heterocycles. The van der Waals surface area contributed by atoms with Crippen molar-refractivity contribution in [2.45, 2.75) is 44.3 Å². The van der Waals surface area contributed by atoms with Gasteiger partial charge in [0.05, 0.1) is 5.25 Å². The Kier molecular flexibility index (Phi) is 6.71. The minimum Gasteiger partial charge on any atom is -0.485 e. The summed E-state index contributed by atoms with van der Waals surface area (Å²) in [6.07, 6.45) is 0. The SMILES string of the molecule is Cc1ccc(CNC(=O)[C@@H](C)Sc2n[nH]c(COc3ccccc3C)n2)cc1. The van der Waals surface area contributed by atoms with Gasteiger partial charge in [-0.2, -0.15) is 0 Å². The number of nitrogens with one attached hydrogen (secondary N) is 2. The highest BCUT2D eigenvalue weighted by Crippen LogP contribution is 2.21. The van der Waals surface area contributed by atoms with E-state index >= 15 is 0 Å². The fraction of sp³-hybridized carbons (Fsp3) is 0.286. The van der Waals surface area contributed by atoms with E-state index in [-0.39, 0.29) is 11.2 Å². The second kappa shape index (κ2) is 9.41. The van der Waals surface area contributed by atoms with Crippen LogP contribution in [0, 0.1) is 13.8 Å². The van der Waals surface area contributed by atoms with Gasteiger partial charge in [-0.25, -0.2) is 4.98 Å². The van der Waals surface area contributed by atoms with Crippen molar-refractivity contribution in [2.24, 2.45) is 0 Å². The average Bonchev–Trinajstić information content (AvgIpc) is 3.14. The highest BCUT2D eigenvalue weighted by atomic mass is 32.2. The molecule has 0 unspecified atom stereocenters. The van der Waals surface area contributed by atoms with Crippen LogP contribution in [-0.2, 0) is 17.9 Å². The number of aryl methyl sites for hydroxylation is 2. The summed E-state index contributed by atoms with van der Waals surface area (Å²) in [7, 11) is 0. The van der Waals surface area contributed by atoms with Gasteiger partial charge in [-0.15, -0.1) is 5.10 Å². The van der Waals surface area contributed by atoms with Crippen LogP contribution in [0.4, 0.5) is 0 Å². The molecule has 0 aliphatic heterocycles. The number of thioether (sulfide) groups is 1. The summed E-state index contributed by atoms with van der Waals surface area (Å²) in [5.74, 6) is 1.39.